The van der Waals surface area contributed by atoms with Crippen molar-refractivity contribution in [3.8, 4) is 0 Å². The number of para-hydroxylation sites is 1. The van der Waals surface area contributed by atoms with Crippen LogP contribution in [0.1, 0.15) is 31.6 Å². The van der Waals surface area contributed by atoms with Crippen LogP contribution in [0, 0.1) is 0 Å². The fraction of sp³-hybridized carbons (Fsp3) is 0.429. The van der Waals surface area contributed by atoms with Crippen molar-refractivity contribution in [2.45, 2.75) is 32.0 Å². The Balaban J connectivity index is 2.32. The molecule has 1 heterocycles. The topological polar surface area (TPSA) is 42.6 Å². The summed E-state index contributed by atoms with van der Waals surface area (Å²) in [6, 6.07) is 7.34. The molecule has 4 heteroatoms. The number of methoxy groups -OCH3 is 1. The lowest BCUT2D eigenvalue weighted by atomic mass is 10.1. The Bertz CT molecular complexity index is 521. The molecule has 0 fully saturated rings. The molecule has 98 valence electrons. The highest BCUT2D eigenvalue weighted by Crippen LogP contribution is 2.31. The molecule has 2 unspecified atom stereocenters. The zero-order valence-electron chi connectivity index (χ0n) is 10.5. The SMILES string of the molecule is CCCC(OC)C(O)c1cc2cccc(Cl)c2o1. The van der Waals surface area contributed by atoms with Crippen molar-refractivity contribution in [2.24, 2.45) is 0 Å². The van der Waals surface area contributed by atoms with Gasteiger partial charge in [-0.25, -0.2) is 0 Å². The Kier molecular flexibility index (Phi) is 4.27. The number of halogens is 1. The maximum absolute atomic E-state index is 10.2. The molecule has 2 atom stereocenters. The van der Waals surface area contributed by atoms with Crippen molar-refractivity contribution in [3.63, 3.8) is 0 Å². The predicted molar refractivity (Wildman–Crippen MR) is 71.9 cm³/mol. The summed E-state index contributed by atoms with van der Waals surface area (Å²) in [5, 5.41) is 11.7. The number of rotatable bonds is 5. The van der Waals surface area contributed by atoms with Crippen molar-refractivity contribution in [2.75, 3.05) is 7.11 Å². The van der Waals surface area contributed by atoms with Gasteiger partial charge in [0.1, 0.15) is 11.9 Å². The van der Waals surface area contributed by atoms with Crippen LogP contribution in [-0.2, 0) is 4.74 Å². The van der Waals surface area contributed by atoms with Crippen molar-refractivity contribution >= 4 is 22.6 Å². The number of aliphatic hydroxyl groups is 1. The summed E-state index contributed by atoms with van der Waals surface area (Å²) < 4.78 is 10.9. The Morgan fingerprint density at radius 2 is 2.22 bits per heavy atom. The van der Waals surface area contributed by atoms with Crippen LogP contribution in [-0.4, -0.2) is 18.3 Å². The van der Waals surface area contributed by atoms with Gasteiger partial charge in [-0.3, -0.25) is 0 Å². The van der Waals surface area contributed by atoms with E-state index in [2.05, 4.69) is 0 Å². The first kappa shape index (κ1) is 13.4. The van der Waals surface area contributed by atoms with E-state index in [1.54, 1.807) is 13.2 Å². The van der Waals surface area contributed by atoms with E-state index in [9.17, 15) is 5.11 Å². The molecular formula is C14H17ClO3. The Morgan fingerprint density at radius 3 is 2.83 bits per heavy atom. The number of hydrogen-bond acceptors (Lipinski definition) is 3. The molecule has 1 aromatic carbocycles. The van der Waals surface area contributed by atoms with Gasteiger partial charge in [-0.2, -0.15) is 0 Å². The highest BCUT2D eigenvalue weighted by Gasteiger charge is 2.23. The van der Waals surface area contributed by atoms with E-state index >= 15 is 0 Å². The molecule has 0 radical (unpaired) electrons. The number of benzene rings is 1. The van der Waals surface area contributed by atoms with Gasteiger partial charge in [0, 0.05) is 12.5 Å². The first-order chi connectivity index (χ1) is 8.67. The van der Waals surface area contributed by atoms with Gasteiger partial charge in [-0.15, -0.1) is 0 Å². The fourth-order valence-electron chi connectivity index (χ4n) is 2.07. The maximum atomic E-state index is 10.2. The van der Waals surface area contributed by atoms with E-state index in [1.165, 1.54) is 0 Å². The van der Waals surface area contributed by atoms with Gasteiger partial charge in [0.15, 0.2) is 5.58 Å². The van der Waals surface area contributed by atoms with Crippen LogP contribution < -0.4 is 0 Å². The minimum Gasteiger partial charge on any atom is -0.457 e. The molecular weight excluding hydrogens is 252 g/mol. The Labute approximate surface area is 111 Å². The largest absolute Gasteiger partial charge is 0.457 e. The van der Waals surface area contributed by atoms with E-state index in [-0.39, 0.29) is 6.10 Å². The molecule has 3 nitrogen and oxygen atoms in total. The summed E-state index contributed by atoms with van der Waals surface area (Å²) in [5.41, 5.74) is 0.611. The number of fused-ring (bicyclic) bond motifs is 1. The summed E-state index contributed by atoms with van der Waals surface area (Å²) in [6.07, 6.45) is 0.701. The summed E-state index contributed by atoms with van der Waals surface area (Å²) >= 11 is 6.04. The maximum Gasteiger partial charge on any atom is 0.152 e. The molecule has 0 aliphatic rings. The molecule has 0 aliphatic carbocycles. The molecule has 2 aromatic rings. The standard InChI is InChI=1S/C14H17ClO3/c1-3-5-11(17-2)13(16)12-8-9-6-4-7-10(15)14(9)18-12/h4,6-8,11,13,16H,3,5H2,1-2H3. The van der Waals surface area contributed by atoms with Crippen LogP contribution in [0.2, 0.25) is 5.02 Å². The van der Waals surface area contributed by atoms with Crippen LogP contribution in [0.5, 0.6) is 0 Å². The van der Waals surface area contributed by atoms with E-state index in [4.69, 9.17) is 20.8 Å². The molecule has 1 N–H and O–H groups in total. The molecule has 2 rings (SSSR count). The molecule has 18 heavy (non-hydrogen) atoms. The van der Waals surface area contributed by atoms with E-state index in [0.717, 1.165) is 18.2 Å². The quantitative estimate of drug-likeness (QED) is 0.893. The zero-order valence-corrected chi connectivity index (χ0v) is 11.3. The fourth-order valence-corrected chi connectivity index (χ4v) is 2.29. The van der Waals surface area contributed by atoms with E-state index < -0.39 is 6.10 Å². The summed E-state index contributed by atoms with van der Waals surface area (Å²) in [4.78, 5) is 0. The predicted octanol–water partition coefficient (Wildman–Crippen LogP) is 3.93. The van der Waals surface area contributed by atoms with E-state index in [1.807, 2.05) is 25.1 Å². The second kappa shape index (κ2) is 5.74. The molecule has 0 saturated heterocycles. The minimum atomic E-state index is -0.765. The van der Waals surface area contributed by atoms with Crippen LogP contribution in [0.15, 0.2) is 28.7 Å². The third kappa shape index (κ3) is 2.53. The minimum absolute atomic E-state index is 0.255. The van der Waals surface area contributed by atoms with Crippen LogP contribution in [0.3, 0.4) is 0 Å². The molecule has 0 spiro atoms. The van der Waals surface area contributed by atoms with Gasteiger partial charge < -0.3 is 14.3 Å². The van der Waals surface area contributed by atoms with Crippen molar-refractivity contribution in [3.05, 3.63) is 35.0 Å². The van der Waals surface area contributed by atoms with Gasteiger partial charge in [-0.05, 0) is 18.6 Å². The Hall–Kier alpha value is -1.03. The summed E-state index contributed by atoms with van der Waals surface area (Å²) in [7, 11) is 1.60. The van der Waals surface area contributed by atoms with Crippen LogP contribution >= 0.6 is 11.6 Å². The van der Waals surface area contributed by atoms with Crippen LogP contribution in [0.25, 0.3) is 11.0 Å². The molecule has 0 bridgehead atoms. The van der Waals surface area contributed by atoms with Gasteiger partial charge in [0.2, 0.25) is 0 Å². The van der Waals surface area contributed by atoms with E-state index in [0.29, 0.717) is 16.4 Å². The number of aliphatic hydroxyl groups excluding tert-OH is 1. The summed E-state index contributed by atoms with van der Waals surface area (Å²) in [5.74, 6) is 0.499. The Morgan fingerprint density at radius 1 is 1.44 bits per heavy atom. The first-order valence-corrected chi connectivity index (χ1v) is 6.44. The second-order valence-corrected chi connectivity index (χ2v) is 4.72. The average molecular weight is 269 g/mol. The van der Waals surface area contributed by atoms with Crippen LogP contribution in [0.4, 0.5) is 0 Å². The lowest BCUT2D eigenvalue weighted by molar-refractivity contribution is -0.0271. The highest BCUT2D eigenvalue weighted by molar-refractivity contribution is 6.34. The molecule has 1 aromatic heterocycles. The lowest BCUT2D eigenvalue weighted by Crippen LogP contribution is -2.20. The third-order valence-corrected chi connectivity index (χ3v) is 3.33. The monoisotopic (exact) mass is 268 g/mol. The second-order valence-electron chi connectivity index (χ2n) is 4.31. The smallest absolute Gasteiger partial charge is 0.152 e. The number of hydrogen-bond donors (Lipinski definition) is 1. The molecule has 0 saturated carbocycles. The molecule has 0 aliphatic heterocycles. The van der Waals surface area contributed by atoms with Gasteiger partial charge in [0.05, 0.1) is 11.1 Å². The number of ether oxygens (including phenoxy) is 1. The number of furan rings is 1. The highest BCUT2D eigenvalue weighted by atomic mass is 35.5. The summed E-state index contributed by atoms with van der Waals surface area (Å²) in [6.45, 7) is 2.05. The van der Waals surface area contributed by atoms with Gasteiger partial charge in [0.25, 0.3) is 0 Å². The molecule has 0 amide bonds. The zero-order chi connectivity index (χ0) is 13.1. The van der Waals surface area contributed by atoms with Crippen molar-refractivity contribution < 1.29 is 14.3 Å². The first-order valence-electron chi connectivity index (χ1n) is 6.06. The average Bonchev–Trinajstić information content (AvgIpc) is 2.80. The van der Waals surface area contributed by atoms with Gasteiger partial charge in [-0.1, -0.05) is 37.1 Å². The van der Waals surface area contributed by atoms with Crippen molar-refractivity contribution in [1.82, 2.24) is 0 Å². The van der Waals surface area contributed by atoms with Crippen molar-refractivity contribution in [1.29, 1.82) is 0 Å². The third-order valence-electron chi connectivity index (χ3n) is 3.03. The lowest BCUT2D eigenvalue weighted by Gasteiger charge is -2.18. The normalized spacial score (nSPS) is 14.9. The van der Waals surface area contributed by atoms with Gasteiger partial charge >= 0.3 is 0 Å².